The van der Waals surface area contributed by atoms with Crippen molar-refractivity contribution in [1.29, 1.82) is 0 Å². The van der Waals surface area contributed by atoms with Crippen molar-refractivity contribution >= 4 is 39.7 Å². The van der Waals surface area contributed by atoms with Crippen molar-refractivity contribution in [2.75, 3.05) is 10.6 Å². The molecule has 4 aromatic rings. The monoisotopic (exact) mass is 443 g/mol. The van der Waals surface area contributed by atoms with Crippen LogP contribution in [0.3, 0.4) is 0 Å². The molecule has 0 bridgehead atoms. The summed E-state index contributed by atoms with van der Waals surface area (Å²) in [6.45, 7) is 0.429. The molecule has 32 heavy (non-hydrogen) atoms. The number of aromatic amines is 1. The van der Waals surface area contributed by atoms with Gasteiger partial charge in [-0.3, -0.25) is 4.79 Å². The number of rotatable bonds is 4. The van der Waals surface area contributed by atoms with Gasteiger partial charge in [0.05, 0.1) is 11.4 Å². The van der Waals surface area contributed by atoms with Crippen molar-refractivity contribution in [2.45, 2.75) is 12.7 Å². The number of ketones is 1. The fourth-order valence-corrected chi connectivity index (χ4v) is 4.23. The Morgan fingerprint density at radius 3 is 2.72 bits per heavy atom. The maximum Gasteiger partial charge on any atom is 0.229 e. The maximum atomic E-state index is 13.2. The van der Waals surface area contributed by atoms with E-state index in [1.165, 1.54) is 0 Å². The highest BCUT2D eigenvalue weighted by molar-refractivity contribution is 6.31. The van der Waals surface area contributed by atoms with Crippen molar-refractivity contribution < 1.29 is 14.3 Å². The SMILES string of the molecule is O=C1C2=C(Nc3cc(Cl)ccc3N2)O[C@H]1c1c[nH]c2ccc(COc3ccccc3)cc12. The summed E-state index contributed by atoms with van der Waals surface area (Å²) >= 11 is 6.10. The van der Waals surface area contributed by atoms with E-state index >= 15 is 0 Å². The number of carbonyl (C=O) groups excluding carboxylic acids is 1. The molecule has 3 N–H and O–H groups in total. The predicted molar refractivity (Wildman–Crippen MR) is 124 cm³/mol. The number of aromatic nitrogens is 1. The summed E-state index contributed by atoms with van der Waals surface area (Å²) in [4.78, 5) is 16.4. The summed E-state index contributed by atoms with van der Waals surface area (Å²) in [7, 11) is 0. The van der Waals surface area contributed by atoms with Gasteiger partial charge in [0, 0.05) is 27.7 Å². The molecule has 6 nitrogen and oxygen atoms in total. The van der Waals surface area contributed by atoms with Crippen LogP contribution in [0, 0.1) is 0 Å². The van der Waals surface area contributed by atoms with Gasteiger partial charge in [0.25, 0.3) is 0 Å². The molecule has 2 aliphatic rings. The van der Waals surface area contributed by atoms with Crippen molar-refractivity contribution in [2.24, 2.45) is 0 Å². The third kappa shape index (κ3) is 3.16. The number of fused-ring (bicyclic) bond motifs is 2. The van der Waals surface area contributed by atoms with Crippen molar-refractivity contribution in [3.63, 3.8) is 0 Å². The lowest BCUT2D eigenvalue weighted by Gasteiger charge is -2.19. The van der Waals surface area contributed by atoms with Crippen LogP contribution in [0.5, 0.6) is 5.75 Å². The molecule has 3 aromatic carbocycles. The summed E-state index contributed by atoms with van der Waals surface area (Å²) in [5, 5.41) is 7.89. The first-order chi connectivity index (χ1) is 15.7. The highest BCUT2D eigenvalue weighted by Crippen LogP contribution is 2.42. The molecule has 0 unspecified atom stereocenters. The summed E-state index contributed by atoms with van der Waals surface area (Å²) in [6.07, 6.45) is 1.08. The number of benzene rings is 3. The normalized spacial score (nSPS) is 16.8. The fraction of sp³-hybridized carbons (Fsp3) is 0.0800. The van der Waals surface area contributed by atoms with E-state index in [1.54, 1.807) is 12.1 Å². The minimum Gasteiger partial charge on any atom is -0.489 e. The lowest BCUT2D eigenvalue weighted by atomic mass is 10.0. The molecule has 0 saturated heterocycles. The van der Waals surface area contributed by atoms with E-state index in [9.17, 15) is 4.79 Å². The maximum absolute atomic E-state index is 13.2. The molecule has 6 rings (SSSR count). The van der Waals surface area contributed by atoms with Gasteiger partial charge in [0.15, 0.2) is 6.10 Å². The standard InChI is InChI=1S/C25H18ClN3O3/c26-15-7-9-20-21(11-15)29-25-22(28-20)23(30)24(32-25)18-12-27-19-8-6-14(10-17(18)19)13-31-16-4-2-1-3-5-16/h1-12,24,27-29H,13H2/t24-/m0/s1. The van der Waals surface area contributed by atoms with E-state index in [2.05, 4.69) is 15.6 Å². The molecule has 1 atom stereocenters. The smallest absolute Gasteiger partial charge is 0.229 e. The molecule has 1 aromatic heterocycles. The molecule has 0 fully saturated rings. The number of carbonyl (C=O) groups is 1. The number of hydrogen-bond acceptors (Lipinski definition) is 5. The van der Waals surface area contributed by atoms with Crippen molar-refractivity contribution in [3.05, 3.63) is 101 Å². The van der Waals surface area contributed by atoms with Gasteiger partial charge in [-0.25, -0.2) is 0 Å². The number of para-hydroxylation sites is 1. The van der Waals surface area contributed by atoms with Crippen molar-refractivity contribution in [3.8, 4) is 5.75 Å². The second kappa shape index (κ2) is 7.35. The van der Waals surface area contributed by atoms with Gasteiger partial charge in [-0.05, 0) is 48.0 Å². The van der Waals surface area contributed by atoms with E-state index in [1.807, 2.05) is 60.8 Å². The number of hydrogen-bond donors (Lipinski definition) is 3. The first-order valence-electron chi connectivity index (χ1n) is 10.2. The quantitative estimate of drug-likeness (QED) is 0.374. The second-order valence-corrected chi connectivity index (χ2v) is 8.17. The van der Waals surface area contributed by atoms with Gasteiger partial charge >= 0.3 is 0 Å². The number of Topliss-reactive ketones (excluding diaryl/α,β-unsaturated/α-hetero) is 1. The van der Waals surface area contributed by atoms with E-state index in [-0.39, 0.29) is 5.78 Å². The third-order valence-corrected chi connectivity index (χ3v) is 5.88. The van der Waals surface area contributed by atoms with Gasteiger partial charge in [0.2, 0.25) is 11.7 Å². The number of H-pyrrole nitrogens is 1. The Hall–Kier alpha value is -3.90. The highest BCUT2D eigenvalue weighted by Gasteiger charge is 2.40. The van der Waals surface area contributed by atoms with Crippen LogP contribution in [0.15, 0.2) is 84.5 Å². The lowest BCUT2D eigenvalue weighted by molar-refractivity contribution is -0.121. The Morgan fingerprint density at radius 2 is 1.84 bits per heavy atom. The van der Waals surface area contributed by atoms with Crippen LogP contribution in [0.1, 0.15) is 17.2 Å². The van der Waals surface area contributed by atoms with Gasteiger partial charge < -0.3 is 25.1 Å². The van der Waals surface area contributed by atoms with E-state index < -0.39 is 6.10 Å². The zero-order valence-electron chi connectivity index (χ0n) is 16.8. The Bertz CT molecular complexity index is 1390. The molecular formula is C25H18ClN3O3. The molecule has 0 aliphatic carbocycles. The third-order valence-electron chi connectivity index (χ3n) is 5.65. The second-order valence-electron chi connectivity index (χ2n) is 7.73. The average Bonchev–Trinajstić information content (AvgIpc) is 3.37. The lowest BCUT2D eigenvalue weighted by Crippen LogP contribution is -2.18. The van der Waals surface area contributed by atoms with Crippen LogP contribution in [-0.2, 0) is 16.1 Å². The summed E-state index contributed by atoms with van der Waals surface area (Å²) in [6, 6.07) is 21.1. The Balaban J connectivity index is 1.27. The first-order valence-corrected chi connectivity index (χ1v) is 10.6. The van der Waals surface area contributed by atoms with Crippen LogP contribution < -0.4 is 15.4 Å². The zero-order valence-corrected chi connectivity index (χ0v) is 17.6. The first kappa shape index (κ1) is 18.8. The van der Waals surface area contributed by atoms with Crippen LogP contribution in [0.2, 0.25) is 5.02 Å². The number of ether oxygens (including phenoxy) is 2. The van der Waals surface area contributed by atoms with E-state index in [0.29, 0.717) is 23.2 Å². The largest absolute Gasteiger partial charge is 0.489 e. The van der Waals surface area contributed by atoms with Gasteiger partial charge in [-0.2, -0.15) is 0 Å². The molecule has 0 amide bonds. The van der Waals surface area contributed by atoms with Crippen LogP contribution in [0.4, 0.5) is 11.4 Å². The van der Waals surface area contributed by atoms with Gasteiger partial charge in [0.1, 0.15) is 18.1 Å². The topological polar surface area (TPSA) is 75.4 Å². The van der Waals surface area contributed by atoms with Crippen molar-refractivity contribution in [1.82, 2.24) is 4.98 Å². The number of nitrogens with one attached hydrogen (secondary N) is 3. The summed E-state index contributed by atoms with van der Waals surface area (Å²) in [5.41, 5.74) is 4.69. The molecule has 0 spiro atoms. The number of anilines is 2. The Kier molecular flexibility index (Phi) is 4.33. The average molecular weight is 444 g/mol. The predicted octanol–water partition coefficient (Wildman–Crippen LogP) is 5.75. The highest BCUT2D eigenvalue weighted by atomic mass is 35.5. The molecule has 2 aliphatic heterocycles. The van der Waals surface area contributed by atoms with Crippen LogP contribution in [-0.4, -0.2) is 10.8 Å². The minimum absolute atomic E-state index is 0.125. The molecule has 3 heterocycles. The number of halogens is 1. The van der Waals surface area contributed by atoms with Gasteiger partial charge in [-0.1, -0.05) is 35.9 Å². The zero-order chi connectivity index (χ0) is 21.7. The Labute approximate surface area is 188 Å². The van der Waals surface area contributed by atoms with Gasteiger partial charge in [-0.15, -0.1) is 0 Å². The molecule has 158 valence electrons. The van der Waals surface area contributed by atoms with Crippen LogP contribution >= 0.6 is 11.6 Å². The summed E-state index contributed by atoms with van der Waals surface area (Å²) in [5.74, 6) is 1.09. The van der Waals surface area contributed by atoms with E-state index in [4.69, 9.17) is 21.1 Å². The molecule has 7 heteroatoms. The fourth-order valence-electron chi connectivity index (χ4n) is 4.05. The summed E-state index contributed by atoms with van der Waals surface area (Å²) < 4.78 is 11.9. The van der Waals surface area contributed by atoms with E-state index in [0.717, 1.165) is 39.2 Å². The Morgan fingerprint density at radius 1 is 0.969 bits per heavy atom. The molecule has 0 radical (unpaired) electrons. The molecule has 0 saturated carbocycles. The minimum atomic E-state index is -0.746. The molecular weight excluding hydrogens is 426 g/mol. The van der Waals surface area contributed by atoms with Crippen LogP contribution in [0.25, 0.3) is 10.9 Å².